The summed E-state index contributed by atoms with van der Waals surface area (Å²) in [5.41, 5.74) is 5.57. The van der Waals surface area contributed by atoms with Gasteiger partial charge in [0.2, 0.25) is 5.91 Å². The van der Waals surface area contributed by atoms with Gasteiger partial charge in [0.1, 0.15) is 0 Å². The highest BCUT2D eigenvalue weighted by molar-refractivity contribution is 5.97. The normalized spacial score (nSPS) is 16.1. The molecule has 1 amide bonds. The first-order valence-electron chi connectivity index (χ1n) is 8.95. The molecule has 1 aromatic carbocycles. The lowest BCUT2D eigenvalue weighted by molar-refractivity contribution is -0.130. The predicted octanol–water partition coefficient (Wildman–Crippen LogP) is 3.26. The topological polar surface area (TPSA) is 40.6 Å². The van der Waals surface area contributed by atoms with Crippen molar-refractivity contribution in [1.29, 1.82) is 0 Å². The smallest absolute Gasteiger partial charge is 0.222 e. The van der Waals surface area contributed by atoms with Gasteiger partial charge < -0.3 is 4.90 Å². The molecule has 0 saturated carbocycles. The van der Waals surface area contributed by atoms with Crippen LogP contribution < -0.4 is 0 Å². The molecule has 132 valence electrons. The number of benzene rings is 1. The summed E-state index contributed by atoms with van der Waals surface area (Å²) in [6.45, 7) is 14.2. The van der Waals surface area contributed by atoms with Crippen molar-refractivity contribution in [3.05, 3.63) is 33.9 Å². The van der Waals surface area contributed by atoms with E-state index in [9.17, 15) is 9.59 Å². The molecule has 0 bridgehead atoms. The van der Waals surface area contributed by atoms with Gasteiger partial charge in [-0.05, 0) is 56.4 Å². The Labute approximate surface area is 145 Å². The third-order valence-corrected chi connectivity index (χ3v) is 5.11. The van der Waals surface area contributed by atoms with Gasteiger partial charge in [0.05, 0.1) is 0 Å². The number of carbonyl (C=O) groups excluding carboxylic acids is 2. The van der Waals surface area contributed by atoms with Crippen LogP contribution in [0.25, 0.3) is 0 Å². The number of ketones is 1. The van der Waals surface area contributed by atoms with Crippen molar-refractivity contribution in [2.24, 2.45) is 0 Å². The zero-order chi connectivity index (χ0) is 17.9. The van der Waals surface area contributed by atoms with E-state index in [2.05, 4.69) is 24.8 Å². The van der Waals surface area contributed by atoms with Crippen LogP contribution >= 0.6 is 0 Å². The highest BCUT2D eigenvalue weighted by atomic mass is 16.2. The first kappa shape index (κ1) is 18.7. The van der Waals surface area contributed by atoms with Gasteiger partial charge in [-0.25, -0.2) is 0 Å². The SMILES string of the molecule is CCC(=O)N1CCCN(Cc2c(C)cc(C)c(C(C)=O)c2C)CC1. The van der Waals surface area contributed by atoms with Crippen LogP contribution in [0.2, 0.25) is 0 Å². The number of aryl methyl sites for hydroxylation is 2. The summed E-state index contributed by atoms with van der Waals surface area (Å²) in [7, 11) is 0. The molecule has 1 aliphatic heterocycles. The number of hydrogen-bond acceptors (Lipinski definition) is 3. The average Bonchev–Trinajstić information content (AvgIpc) is 2.75. The summed E-state index contributed by atoms with van der Waals surface area (Å²) in [6.07, 6.45) is 1.59. The van der Waals surface area contributed by atoms with Crippen LogP contribution in [0.3, 0.4) is 0 Å². The Morgan fingerprint density at radius 3 is 2.38 bits per heavy atom. The second-order valence-corrected chi connectivity index (χ2v) is 6.91. The van der Waals surface area contributed by atoms with Crippen LogP contribution in [0, 0.1) is 20.8 Å². The first-order valence-corrected chi connectivity index (χ1v) is 8.95. The maximum atomic E-state index is 12.0. The highest BCUT2D eigenvalue weighted by Crippen LogP contribution is 2.24. The van der Waals surface area contributed by atoms with Gasteiger partial charge in [-0.3, -0.25) is 14.5 Å². The van der Waals surface area contributed by atoms with Crippen molar-refractivity contribution < 1.29 is 9.59 Å². The summed E-state index contributed by atoms with van der Waals surface area (Å²) < 4.78 is 0. The molecule has 4 nitrogen and oxygen atoms in total. The Morgan fingerprint density at radius 2 is 1.75 bits per heavy atom. The molecule has 0 aliphatic carbocycles. The van der Waals surface area contributed by atoms with Crippen LogP contribution in [0.4, 0.5) is 0 Å². The quantitative estimate of drug-likeness (QED) is 0.796. The van der Waals surface area contributed by atoms with Crippen LogP contribution in [0.5, 0.6) is 0 Å². The fraction of sp³-hybridized carbons (Fsp3) is 0.600. The molecule has 1 fully saturated rings. The van der Waals surface area contributed by atoms with Gasteiger partial charge in [-0.2, -0.15) is 0 Å². The molecule has 1 heterocycles. The molecular formula is C20H30N2O2. The van der Waals surface area contributed by atoms with E-state index >= 15 is 0 Å². The van der Waals surface area contributed by atoms with Crippen LogP contribution in [-0.4, -0.2) is 47.7 Å². The van der Waals surface area contributed by atoms with E-state index in [1.54, 1.807) is 6.92 Å². The fourth-order valence-corrected chi connectivity index (χ4v) is 3.84. The molecule has 1 aliphatic rings. The largest absolute Gasteiger partial charge is 0.341 e. The van der Waals surface area contributed by atoms with E-state index in [0.29, 0.717) is 6.42 Å². The molecule has 1 saturated heterocycles. The zero-order valence-corrected chi connectivity index (χ0v) is 15.7. The van der Waals surface area contributed by atoms with E-state index in [1.807, 2.05) is 18.7 Å². The maximum Gasteiger partial charge on any atom is 0.222 e. The van der Waals surface area contributed by atoms with Crippen molar-refractivity contribution in [3.63, 3.8) is 0 Å². The Morgan fingerprint density at radius 1 is 1.04 bits per heavy atom. The predicted molar refractivity (Wildman–Crippen MR) is 97.4 cm³/mol. The van der Waals surface area contributed by atoms with Crippen molar-refractivity contribution in [3.8, 4) is 0 Å². The second-order valence-electron chi connectivity index (χ2n) is 6.91. The van der Waals surface area contributed by atoms with Gasteiger partial charge in [-0.1, -0.05) is 13.0 Å². The molecule has 0 unspecified atom stereocenters. The van der Waals surface area contributed by atoms with Gasteiger partial charge in [0.25, 0.3) is 0 Å². The number of carbonyl (C=O) groups is 2. The Balaban J connectivity index is 2.18. The van der Waals surface area contributed by atoms with Gasteiger partial charge in [0.15, 0.2) is 5.78 Å². The molecule has 0 radical (unpaired) electrons. The third kappa shape index (κ3) is 4.04. The van der Waals surface area contributed by atoms with Crippen molar-refractivity contribution in [1.82, 2.24) is 9.80 Å². The summed E-state index contributed by atoms with van der Waals surface area (Å²) in [4.78, 5) is 28.3. The highest BCUT2D eigenvalue weighted by Gasteiger charge is 2.20. The zero-order valence-electron chi connectivity index (χ0n) is 15.7. The van der Waals surface area contributed by atoms with Crippen LogP contribution in [-0.2, 0) is 11.3 Å². The molecule has 4 heteroatoms. The molecule has 1 aromatic rings. The monoisotopic (exact) mass is 330 g/mol. The Bertz CT molecular complexity index is 637. The van der Waals surface area contributed by atoms with E-state index in [0.717, 1.165) is 55.8 Å². The second kappa shape index (κ2) is 7.93. The average molecular weight is 330 g/mol. The molecular weight excluding hydrogens is 300 g/mol. The minimum Gasteiger partial charge on any atom is -0.341 e. The number of amides is 1. The maximum absolute atomic E-state index is 12.0. The van der Waals surface area contributed by atoms with Gasteiger partial charge >= 0.3 is 0 Å². The molecule has 0 aromatic heterocycles. The van der Waals surface area contributed by atoms with Crippen molar-refractivity contribution in [2.45, 2.75) is 54.0 Å². The van der Waals surface area contributed by atoms with E-state index < -0.39 is 0 Å². The minimum atomic E-state index is 0.141. The lowest BCUT2D eigenvalue weighted by Gasteiger charge is -2.24. The van der Waals surface area contributed by atoms with Gasteiger partial charge in [-0.15, -0.1) is 0 Å². The van der Waals surface area contributed by atoms with E-state index in [4.69, 9.17) is 0 Å². The lowest BCUT2D eigenvalue weighted by Crippen LogP contribution is -2.34. The molecule has 24 heavy (non-hydrogen) atoms. The summed E-state index contributed by atoms with van der Waals surface area (Å²) in [5, 5.41) is 0. The number of rotatable bonds is 4. The summed E-state index contributed by atoms with van der Waals surface area (Å²) >= 11 is 0. The summed E-state index contributed by atoms with van der Waals surface area (Å²) in [5.74, 6) is 0.389. The van der Waals surface area contributed by atoms with Crippen molar-refractivity contribution >= 4 is 11.7 Å². The number of hydrogen-bond donors (Lipinski definition) is 0. The van der Waals surface area contributed by atoms with Crippen LogP contribution in [0.15, 0.2) is 6.07 Å². The van der Waals surface area contributed by atoms with E-state index in [-0.39, 0.29) is 11.7 Å². The Hall–Kier alpha value is -1.68. The standard InChI is InChI=1S/C20H30N2O2/c1-6-19(24)22-9-7-8-21(10-11-22)13-18-14(2)12-15(3)20(16(18)4)17(5)23/h12H,6-11,13H2,1-5H3. The minimum absolute atomic E-state index is 0.141. The molecule has 0 atom stereocenters. The molecule has 0 spiro atoms. The van der Waals surface area contributed by atoms with Crippen molar-refractivity contribution in [2.75, 3.05) is 26.2 Å². The number of nitrogens with zero attached hydrogens (tertiary/aromatic N) is 2. The Kier molecular flexibility index (Phi) is 6.16. The van der Waals surface area contributed by atoms with Crippen LogP contribution in [0.1, 0.15) is 59.3 Å². The van der Waals surface area contributed by atoms with E-state index in [1.165, 1.54) is 11.1 Å². The molecule has 2 rings (SSSR count). The summed E-state index contributed by atoms with van der Waals surface area (Å²) in [6, 6.07) is 2.13. The lowest BCUT2D eigenvalue weighted by atomic mass is 9.91. The first-order chi connectivity index (χ1) is 11.3. The third-order valence-electron chi connectivity index (χ3n) is 5.11. The van der Waals surface area contributed by atoms with Gasteiger partial charge in [0, 0.05) is 44.7 Å². The number of Topliss-reactive ketones (excluding diaryl/α,β-unsaturated/α-hetero) is 1. The molecule has 0 N–H and O–H groups in total. The fourth-order valence-electron chi connectivity index (χ4n) is 3.84.